The molecule has 1 aromatic heterocycles. The van der Waals surface area contributed by atoms with E-state index in [0.717, 1.165) is 6.42 Å². The third-order valence-corrected chi connectivity index (χ3v) is 5.68. The summed E-state index contributed by atoms with van der Waals surface area (Å²) in [4.78, 5) is 34.7. The van der Waals surface area contributed by atoms with E-state index in [1.807, 2.05) is 0 Å². The Labute approximate surface area is 204 Å². The van der Waals surface area contributed by atoms with Crippen LogP contribution >= 0.6 is 11.6 Å². The standard InChI is InChI=1S/C23H21ClFN5O5/c1-30(18-6-3-9-35-18)20-14(21(32)28-19-15(24)4-2-5-16(19)25)11-26-23(29-20)27-12-7-8-17(31)13(10-12)22(33)34/h2,4-5,7-8,10-11,18,31H,3,6,9H2,1H3,(H,28,32)(H,33,34)(H,26,27,29). The molecule has 0 spiro atoms. The fraction of sp³-hybridized carbons (Fsp3) is 0.217. The number of rotatable bonds is 7. The molecule has 1 aliphatic rings. The van der Waals surface area contributed by atoms with Crippen molar-refractivity contribution in [2.75, 3.05) is 29.2 Å². The summed E-state index contributed by atoms with van der Waals surface area (Å²) in [5.74, 6) is -2.79. The molecule has 10 nitrogen and oxygen atoms in total. The molecule has 1 atom stereocenters. The summed E-state index contributed by atoms with van der Waals surface area (Å²) >= 11 is 6.04. The molecule has 182 valence electrons. The number of halogens is 2. The number of carboxylic acids is 1. The highest BCUT2D eigenvalue weighted by atomic mass is 35.5. The Balaban J connectivity index is 1.68. The lowest BCUT2D eigenvalue weighted by atomic mass is 10.2. The molecule has 4 N–H and O–H groups in total. The van der Waals surface area contributed by atoms with Crippen LogP contribution in [0.3, 0.4) is 0 Å². The number of benzene rings is 2. The quantitative estimate of drug-likeness (QED) is 0.350. The number of hydrogen-bond donors (Lipinski definition) is 4. The second-order valence-corrected chi connectivity index (χ2v) is 8.13. The molecule has 0 radical (unpaired) electrons. The van der Waals surface area contributed by atoms with E-state index in [0.29, 0.717) is 18.7 Å². The highest BCUT2D eigenvalue weighted by Crippen LogP contribution is 2.30. The molecule has 1 amide bonds. The van der Waals surface area contributed by atoms with Crippen molar-refractivity contribution in [2.24, 2.45) is 0 Å². The molecule has 2 aromatic carbocycles. The topological polar surface area (TPSA) is 137 Å². The molecule has 0 aliphatic carbocycles. The number of para-hydroxylation sites is 1. The predicted octanol–water partition coefficient (Wildman–Crippen LogP) is 4.24. The Hall–Kier alpha value is -3.96. The average molecular weight is 502 g/mol. The molecule has 4 rings (SSSR count). The second-order valence-electron chi connectivity index (χ2n) is 7.72. The lowest BCUT2D eigenvalue weighted by Gasteiger charge is -2.26. The van der Waals surface area contributed by atoms with Crippen LogP contribution in [0, 0.1) is 5.82 Å². The summed E-state index contributed by atoms with van der Waals surface area (Å²) < 4.78 is 19.9. The van der Waals surface area contributed by atoms with E-state index in [1.165, 1.54) is 42.6 Å². The number of nitrogens with zero attached hydrogens (tertiary/aromatic N) is 3. The van der Waals surface area contributed by atoms with Gasteiger partial charge in [0.15, 0.2) is 0 Å². The van der Waals surface area contributed by atoms with Gasteiger partial charge in [-0.2, -0.15) is 4.98 Å². The van der Waals surface area contributed by atoms with E-state index in [9.17, 15) is 24.2 Å². The van der Waals surface area contributed by atoms with Gasteiger partial charge in [0.1, 0.15) is 34.7 Å². The van der Waals surface area contributed by atoms with E-state index in [1.54, 1.807) is 11.9 Å². The molecular weight excluding hydrogens is 481 g/mol. The molecule has 1 saturated heterocycles. The number of ether oxygens (including phenoxy) is 1. The number of anilines is 4. The second kappa shape index (κ2) is 10.1. The van der Waals surface area contributed by atoms with Gasteiger partial charge in [-0.3, -0.25) is 4.79 Å². The largest absolute Gasteiger partial charge is 0.507 e. The van der Waals surface area contributed by atoms with Gasteiger partial charge >= 0.3 is 5.97 Å². The molecule has 35 heavy (non-hydrogen) atoms. The van der Waals surface area contributed by atoms with Crippen LogP contribution in [0.5, 0.6) is 5.75 Å². The first-order chi connectivity index (χ1) is 16.7. The van der Waals surface area contributed by atoms with Gasteiger partial charge in [0.05, 0.1) is 10.7 Å². The normalized spacial score (nSPS) is 15.0. The summed E-state index contributed by atoms with van der Waals surface area (Å²) in [6.45, 7) is 0.559. The van der Waals surface area contributed by atoms with Gasteiger partial charge in [0, 0.05) is 25.5 Å². The van der Waals surface area contributed by atoms with Crippen LogP contribution in [0.1, 0.15) is 33.6 Å². The lowest BCUT2D eigenvalue weighted by molar-refractivity contribution is 0.0693. The number of carboxylic acid groups (broad SMARTS) is 1. The molecular formula is C23H21ClFN5O5. The monoisotopic (exact) mass is 501 g/mol. The maximum Gasteiger partial charge on any atom is 0.339 e. The number of hydrogen-bond acceptors (Lipinski definition) is 8. The number of aromatic hydroxyl groups is 1. The summed E-state index contributed by atoms with van der Waals surface area (Å²) in [6, 6.07) is 7.96. The molecule has 2 heterocycles. The number of carbonyl (C=O) groups is 2. The summed E-state index contributed by atoms with van der Waals surface area (Å²) in [5, 5.41) is 24.3. The molecule has 0 saturated carbocycles. The van der Waals surface area contributed by atoms with Gasteiger partial charge in [0.2, 0.25) is 5.95 Å². The third kappa shape index (κ3) is 5.26. The molecule has 1 unspecified atom stereocenters. The van der Waals surface area contributed by atoms with Crippen LogP contribution in [0.2, 0.25) is 5.02 Å². The fourth-order valence-electron chi connectivity index (χ4n) is 3.58. The first kappa shape index (κ1) is 24.2. The molecule has 0 bridgehead atoms. The Kier molecular flexibility index (Phi) is 6.99. The minimum atomic E-state index is -1.30. The summed E-state index contributed by atoms with van der Waals surface area (Å²) in [6.07, 6.45) is 2.47. The van der Waals surface area contributed by atoms with Crippen LogP contribution in [-0.4, -0.2) is 51.9 Å². The first-order valence-corrected chi connectivity index (χ1v) is 10.9. The van der Waals surface area contributed by atoms with Crippen molar-refractivity contribution in [3.05, 3.63) is 64.6 Å². The van der Waals surface area contributed by atoms with Gasteiger partial charge in [-0.15, -0.1) is 0 Å². The highest BCUT2D eigenvalue weighted by molar-refractivity contribution is 6.34. The maximum absolute atomic E-state index is 14.2. The number of carbonyl (C=O) groups excluding carboxylic acids is 1. The van der Waals surface area contributed by atoms with Crippen LogP contribution in [-0.2, 0) is 4.74 Å². The molecule has 3 aromatic rings. The molecule has 1 aliphatic heterocycles. The van der Waals surface area contributed by atoms with Crippen molar-refractivity contribution >= 4 is 46.6 Å². The predicted molar refractivity (Wildman–Crippen MR) is 127 cm³/mol. The zero-order chi connectivity index (χ0) is 25.1. The number of amides is 1. The van der Waals surface area contributed by atoms with E-state index in [2.05, 4.69) is 20.6 Å². The van der Waals surface area contributed by atoms with Gasteiger partial charge in [0.25, 0.3) is 5.91 Å². The Bertz CT molecular complexity index is 1260. The van der Waals surface area contributed by atoms with Crippen LogP contribution in [0.4, 0.5) is 27.5 Å². The smallest absolute Gasteiger partial charge is 0.339 e. The van der Waals surface area contributed by atoms with Crippen molar-refractivity contribution in [2.45, 2.75) is 19.1 Å². The van der Waals surface area contributed by atoms with Crippen LogP contribution in [0.15, 0.2) is 42.6 Å². The number of aromatic nitrogens is 2. The first-order valence-electron chi connectivity index (χ1n) is 10.5. The van der Waals surface area contributed by atoms with Crippen molar-refractivity contribution < 1.29 is 28.9 Å². The van der Waals surface area contributed by atoms with Crippen molar-refractivity contribution in [1.82, 2.24) is 9.97 Å². The fourth-order valence-corrected chi connectivity index (χ4v) is 3.79. The van der Waals surface area contributed by atoms with Crippen LogP contribution in [0.25, 0.3) is 0 Å². The number of aromatic carboxylic acids is 1. The van der Waals surface area contributed by atoms with Gasteiger partial charge in [-0.1, -0.05) is 17.7 Å². The number of nitrogens with one attached hydrogen (secondary N) is 2. The van der Waals surface area contributed by atoms with E-state index in [4.69, 9.17) is 16.3 Å². The van der Waals surface area contributed by atoms with Crippen LogP contribution < -0.4 is 15.5 Å². The van der Waals surface area contributed by atoms with Crippen molar-refractivity contribution in [3.8, 4) is 5.75 Å². The average Bonchev–Trinajstić information content (AvgIpc) is 3.37. The van der Waals surface area contributed by atoms with Crippen molar-refractivity contribution in [3.63, 3.8) is 0 Å². The van der Waals surface area contributed by atoms with E-state index >= 15 is 0 Å². The SMILES string of the molecule is CN(c1nc(Nc2ccc(O)c(C(=O)O)c2)ncc1C(=O)Nc1c(F)cccc1Cl)C1CCCO1. The summed E-state index contributed by atoms with van der Waals surface area (Å²) in [7, 11) is 1.71. The van der Waals surface area contributed by atoms with Gasteiger partial charge in [-0.25, -0.2) is 14.2 Å². The maximum atomic E-state index is 14.2. The Morgan fingerprint density at radius 1 is 1.26 bits per heavy atom. The third-order valence-electron chi connectivity index (χ3n) is 5.37. The Morgan fingerprint density at radius 3 is 2.74 bits per heavy atom. The van der Waals surface area contributed by atoms with E-state index in [-0.39, 0.29) is 45.6 Å². The number of phenols is 1. The van der Waals surface area contributed by atoms with Crippen molar-refractivity contribution in [1.29, 1.82) is 0 Å². The van der Waals surface area contributed by atoms with Gasteiger partial charge in [-0.05, 0) is 43.2 Å². The minimum Gasteiger partial charge on any atom is -0.507 e. The minimum absolute atomic E-state index is 0.0353. The zero-order valence-electron chi connectivity index (χ0n) is 18.5. The summed E-state index contributed by atoms with van der Waals surface area (Å²) in [5.41, 5.74) is -0.118. The van der Waals surface area contributed by atoms with E-state index < -0.39 is 17.7 Å². The zero-order valence-corrected chi connectivity index (χ0v) is 19.2. The van der Waals surface area contributed by atoms with Gasteiger partial charge < -0.3 is 30.5 Å². The highest BCUT2D eigenvalue weighted by Gasteiger charge is 2.27. The molecule has 1 fully saturated rings. The molecule has 12 heteroatoms. The lowest BCUT2D eigenvalue weighted by Crippen LogP contribution is -2.33. The Morgan fingerprint density at radius 2 is 2.06 bits per heavy atom.